The van der Waals surface area contributed by atoms with Crippen molar-refractivity contribution in [2.24, 2.45) is 5.73 Å². The fourth-order valence-electron chi connectivity index (χ4n) is 2.61. The smallest absolute Gasteiger partial charge is 0.271 e. The molecule has 0 fully saturated rings. The van der Waals surface area contributed by atoms with Crippen LogP contribution < -0.4 is 20.5 Å². The molecule has 1 amide bonds. The molecule has 0 spiro atoms. The molecule has 7 heteroatoms. The Labute approximate surface area is 144 Å². The summed E-state index contributed by atoms with van der Waals surface area (Å²) in [7, 11) is 3.15. The van der Waals surface area contributed by atoms with Gasteiger partial charge in [-0.05, 0) is 30.7 Å². The number of carbonyl (C=O) groups is 1. The number of hydrogen-bond acceptors (Lipinski definition) is 6. The van der Waals surface area contributed by atoms with Crippen molar-refractivity contribution in [2.75, 3.05) is 19.5 Å². The van der Waals surface area contributed by atoms with Crippen molar-refractivity contribution < 1.29 is 14.3 Å². The van der Waals surface area contributed by atoms with E-state index in [4.69, 9.17) is 15.2 Å². The van der Waals surface area contributed by atoms with Crippen LogP contribution in [0.5, 0.6) is 11.5 Å². The highest BCUT2D eigenvalue weighted by Crippen LogP contribution is 2.35. The second-order valence-corrected chi connectivity index (χ2v) is 5.42. The van der Waals surface area contributed by atoms with Crippen molar-refractivity contribution in [2.45, 2.75) is 6.92 Å². The monoisotopic (exact) mass is 338 g/mol. The second-order valence-electron chi connectivity index (χ2n) is 5.42. The first-order chi connectivity index (χ1) is 12.0. The maximum absolute atomic E-state index is 11.8. The zero-order valence-electron chi connectivity index (χ0n) is 14.2. The molecule has 1 heterocycles. The van der Waals surface area contributed by atoms with Crippen molar-refractivity contribution in [1.29, 1.82) is 0 Å². The minimum absolute atomic E-state index is 0.0567. The average Bonchev–Trinajstić information content (AvgIpc) is 2.60. The summed E-state index contributed by atoms with van der Waals surface area (Å²) in [6.45, 7) is 1.90. The van der Waals surface area contributed by atoms with Crippen LogP contribution >= 0.6 is 0 Å². The van der Waals surface area contributed by atoms with Crippen molar-refractivity contribution in [3.8, 4) is 11.5 Å². The van der Waals surface area contributed by atoms with Crippen LogP contribution in [0.3, 0.4) is 0 Å². The van der Waals surface area contributed by atoms with Gasteiger partial charge in [0.25, 0.3) is 5.91 Å². The topological polar surface area (TPSA) is 99.4 Å². The van der Waals surface area contributed by atoms with Crippen LogP contribution in [0.1, 0.15) is 16.1 Å². The number of anilines is 2. The standard InChI is InChI=1S/C18H18N4O3/c1-10-8-11(24-2)9-14(16(10)25-3)22-18-15(17(19)23)20-12-6-4-5-7-13(12)21-18/h4-9H,1-3H3,(H2,19,23)(H,21,22). The van der Waals surface area contributed by atoms with E-state index in [1.807, 2.05) is 31.2 Å². The summed E-state index contributed by atoms with van der Waals surface area (Å²) >= 11 is 0. The van der Waals surface area contributed by atoms with Crippen LogP contribution in [0, 0.1) is 6.92 Å². The van der Waals surface area contributed by atoms with Gasteiger partial charge < -0.3 is 20.5 Å². The van der Waals surface area contributed by atoms with Gasteiger partial charge >= 0.3 is 0 Å². The molecule has 3 aromatic rings. The molecule has 128 valence electrons. The fraction of sp³-hybridized carbons (Fsp3) is 0.167. The fourth-order valence-corrected chi connectivity index (χ4v) is 2.61. The first kappa shape index (κ1) is 16.5. The molecule has 0 aliphatic carbocycles. The zero-order chi connectivity index (χ0) is 18.0. The number of carbonyl (C=O) groups excluding carboxylic acids is 1. The quantitative estimate of drug-likeness (QED) is 0.742. The Kier molecular flexibility index (Phi) is 4.38. The number of nitrogens with one attached hydrogen (secondary N) is 1. The third-order valence-corrected chi connectivity index (χ3v) is 3.74. The predicted octanol–water partition coefficient (Wildman–Crippen LogP) is 2.80. The number of aromatic nitrogens is 2. The summed E-state index contributed by atoms with van der Waals surface area (Å²) in [4.78, 5) is 20.6. The van der Waals surface area contributed by atoms with E-state index >= 15 is 0 Å². The van der Waals surface area contributed by atoms with Gasteiger partial charge in [-0.2, -0.15) is 0 Å². The van der Waals surface area contributed by atoms with Gasteiger partial charge in [0.05, 0.1) is 30.9 Å². The molecule has 0 bridgehead atoms. The summed E-state index contributed by atoms with van der Waals surface area (Å²) < 4.78 is 10.8. The van der Waals surface area contributed by atoms with Gasteiger partial charge in [-0.15, -0.1) is 0 Å². The molecule has 7 nitrogen and oxygen atoms in total. The highest BCUT2D eigenvalue weighted by Gasteiger charge is 2.17. The molecule has 0 unspecified atom stereocenters. The number of methoxy groups -OCH3 is 2. The number of para-hydroxylation sites is 2. The van der Waals surface area contributed by atoms with E-state index in [1.54, 1.807) is 26.4 Å². The molecular formula is C18H18N4O3. The van der Waals surface area contributed by atoms with E-state index in [1.165, 1.54) is 0 Å². The number of ether oxygens (including phenoxy) is 2. The van der Waals surface area contributed by atoms with Gasteiger partial charge in [-0.25, -0.2) is 9.97 Å². The average molecular weight is 338 g/mol. The van der Waals surface area contributed by atoms with Gasteiger partial charge in [0.2, 0.25) is 0 Å². The number of hydrogen-bond donors (Lipinski definition) is 2. The van der Waals surface area contributed by atoms with Crippen LogP contribution in [-0.4, -0.2) is 30.1 Å². The summed E-state index contributed by atoms with van der Waals surface area (Å²) in [5.74, 6) is 0.859. The lowest BCUT2D eigenvalue weighted by molar-refractivity contribution is 0.0996. The first-order valence-corrected chi connectivity index (χ1v) is 7.59. The Hall–Kier alpha value is -3.35. The van der Waals surface area contributed by atoms with E-state index < -0.39 is 5.91 Å². The largest absolute Gasteiger partial charge is 0.497 e. The van der Waals surface area contributed by atoms with E-state index in [0.29, 0.717) is 28.2 Å². The number of benzene rings is 2. The number of fused-ring (bicyclic) bond motifs is 1. The number of amides is 1. The molecule has 0 saturated heterocycles. The molecule has 0 radical (unpaired) electrons. The molecule has 25 heavy (non-hydrogen) atoms. The normalized spacial score (nSPS) is 10.5. The zero-order valence-corrected chi connectivity index (χ0v) is 14.2. The van der Waals surface area contributed by atoms with Crippen molar-refractivity contribution in [1.82, 2.24) is 9.97 Å². The van der Waals surface area contributed by atoms with Crippen LogP contribution in [0.2, 0.25) is 0 Å². The first-order valence-electron chi connectivity index (χ1n) is 7.59. The maximum Gasteiger partial charge on any atom is 0.271 e. The number of primary amides is 1. The van der Waals surface area contributed by atoms with E-state index in [-0.39, 0.29) is 11.5 Å². The van der Waals surface area contributed by atoms with E-state index in [0.717, 1.165) is 5.56 Å². The Morgan fingerprint density at radius 1 is 1.08 bits per heavy atom. The predicted molar refractivity (Wildman–Crippen MR) is 95.6 cm³/mol. The van der Waals surface area contributed by atoms with Crippen molar-refractivity contribution in [3.63, 3.8) is 0 Å². The van der Waals surface area contributed by atoms with Gasteiger partial charge in [0, 0.05) is 6.07 Å². The van der Waals surface area contributed by atoms with Crippen LogP contribution in [0.15, 0.2) is 36.4 Å². The van der Waals surface area contributed by atoms with Gasteiger partial charge in [-0.3, -0.25) is 4.79 Å². The molecule has 0 saturated carbocycles. The minimum Gasteiger partial charge on any atom is -0.497 e. The molecule has 0 atom stereocenters. The van der Waals surface area contributed by atoms with Gasteiger partial charge in [0.1, 0.15) is 11.5 Å². The molecule has 0 aliphatic heterocycles. The summed E-state index contributed by atoms with van der Waals surface area (Å²) in [5, 5.41) is 3.10. The number of nitrogens with zero attached hydrogens (tertiary/aromatic N) is 2. The number of nitrogens with two attached hydrogens (primary N) is 1. The molecule has 2 aromatic carbocycles. The SMILES string of the molecule is COc1cc(C)c(OC)c(Nc2nc3ccccc3nc2C(N)=O)c1. The van der Waals surface area contributed by atoms with E-state index in [9.17, 15) is 4.79 Å². The maximum atomic E-state index is 11.8. The van der Waals surface area contributed by atoms with E-state index in [2.05, 4.69) is 15.3 Å². The van der Waals surface area contributed by atoms with Gasteiger partial charge in [0.15, 0.2) is 11.5 Å². The number of rotatable bonds is 5. The summed E-state index contributed by atoms with van der Waals surface area (Å²) in [5.41, 5.74) is 8.25. The van der Waals surface area contributed by atoms with Crippen LogP contribution in [-0.2, 0) is 0 Å². The Morgan fingerprint density at radius 2 is 1.76 bits per heavy atom. The molecule has 3 rings (SSSR count). The Morgan fingerprint density at radius 3 is 2.36 bits per heavy atom. The molecular weight excluding hydrogens is 320 g/mol. The third kappa shape index (κ3) is 3.16. The van der Waals surface area contributed by atoms with Crippen LogP contribution in [0.4, 0.5) is 11.5 Å². The lowest BCUT2D eigenvalue weighted by Crippen LogP contribution is -2.17. The van der Waals surface area contributed by atoms with Gasteiger partial charge in [-0.1, -0.05) is 12.1 Å². The Balaban J connectivity index is 2.16. The highest BCUT2D eigenvalue weighted by atomic mass is 16.5. The van der Waals surface area contributed by atoms with Crippen molar-refractivity contribution in [3.05, 3.63) is 47.7 Å². The molecule has 0 aliphatic rings. The summed E-state index contributed by atoms with van der Waals surface area (Å²) in [6, 6.07) is 10.9. The number of aryl methyl sites for hydroxylation is 1. The lowest BCUT2D eigenvalue weighted by Gasteiger charge is -2.16. The minimum atomic E-state index is -0.667. The third-order valence-electron chi connectivity index (χ3n) is 3.74. The lowest BCUT2D eigenvalue weighted by atomic mass is 10.1. The summed E-state index contributed by atoms with van der Waals surface area (Å²) in [6.07, 6.45) is 0. The highest BCUT2D eigenvalue weighted by molar-refractivity contribution is 5.98. The second kappa shape index (κ2) is 6.64. The molecule has 1 aromatic heterocycles. The molecule has 3 N–H and O–H groups in total. The van der Waals surface area contributed by atoms with Crippen molar-refractivity contribution >= 4 is 28.4 Å². The Bertz CT molecular complexity index is 956. The van der Waals surface area contributed by atoms with Crippen LogP contribution in [0.25, 0.3) is 11.0 Å².